The molecule has 2 N–H and O–H groups in total. The van der Waals surface area contributed by atoms with E-state index < -0.39 is 0 Å². The van der Waals surface area contributed by atoms with Crippen LogP contribution in [0.25, 0.3) is 0 Å². The Morgan fingerprint density at radius 2 is 1.88 bits per heavy atom. The third kappa shape index (κ3) is 5.28. The molecule has 0 aliphatic heterocycles. The fourth-order valence-electron chi connectivity index (χ4n) is 2.49. The fraction of sp³-hybridized carbons (Fsp3) is 1.00. The highest BCUT2D eigenvalue weighted by atomic mass is 16.5. The van der Waals surface area contributed by atoms with Crippen molar-refractivity contribution < 1.29 is 9.84 Å². The molecule has 0 aromatic heterocycles. The molecule has 1 aliphatic rings. The summed E-state index contributed by atoms with van der Waals surface area (Å²) in [5.41, 5.74) is 0. The molecule has 96 valence electrons. The molecule has 0 radical (unpaired) electrons. The number of rotatable bonds is 7. The third-order valence-corrected chi connectivity index (χ3v) is 3.63. The quantitative estimate of drug-likeness (QED) is 0.654. The highest BCUT2D eigenvalue weighted by Crippen LogP contribution is 2.29. The minimum atomic E-state index is 0.125. The summed E-state index contributed by atoms with van der Waals surface area (Å²) in [6.07, 6.45) is 5.35. The molecule has 1 rings (SSSR count). The van der Waals surface area contributed by atoms with E-state index in [0.717, 1.165) is 18.4 Å². The first-order valence-corrected chi connectivity index (χ1v) is 6.66. The highest BCUT2D eigenvalue weighted by Gasteiger charge is 2.22. The Kier molecular flexibility index (Phi) is 7.01. The van der Waals surface area contributed by atoms with Gasteiger partial charge in [0.1, 0.15) is 0 Å². The predicted octanol–water partition coefficient (Wildman–Crippen LogP) is 1.80. The van der Waals surface area contributed by atoms with E-state index >= 15 is 0 Å². The third-order valence-electron chi connectivity index (χ3n) is 3.63. The molecule has 1 fully saturated rings. The lowest BCUT2D eigenvalue weighted by Crippen LogP contribution is -2.36. The minimum Gasteiger partial charge on any atom is -0.394 e. The van der Waals surface area contributed by atoms with Crippen LogP contribution in [-0.4, -0.2) is 37.5 Å². The monoisotopic (exact) mass is 229 g/mol. The largest absolute Gasteiger partial charge is 0.394 e. The van der Waals surface area contributed by atoms with Crippen molar-refractivity contribution in [2.75, 3.05) is 26.4 Å². The first kappa shape index (κ1) is 13.9. The van der Waals surface area contributed by atoms with Gasteiger partial charge in [-0.15, -0.1) is 0 Å². The van der Waals surface area contributed by atoms with Gasteiger partial charge in [0.25, 0.3) is 0 Å². The molecule has 0 unspecified atom stereocenters. The van der Waals surface area contributed by atoms with E-state index in [1.165, 1.54) is 25.7 Å². The fourth-order valence-corrected chi connectivity index (χ4v) is 2.49. The van der Waals surface area contributed by atoms with Crippen LogP contribution in [0.3, 0.4) is 0 Å². The van der Waals surface area contributed by atoms with Gasteiger partial charge in [-0.1, -0.05) is 13.8 Å². The van der Waals surface area contributed by atoms with Crippen molar-refractivity contribution in [2.24, 2.45) is 11.8 Å². The second-order valence-corrected chi connectivity index (χ2v) is 5.15. The van der Waals surface area contributed by atoms with Crippen LogP contribution in [0.4, 0.5) is 0 Å². The molecule has 0 saturated heterocycles. The van der Waals surface area contributed by atoms with Gasteiger partial charge in [-0.05, 0) is 37.5 Å². The van der Waals surface area contributed by atoms with E-state index in [1.807, 2.05) is 0 Å². The summed E-state index contributed by atoms with van der Waals surface area (Å²) < 4.78 is 5.22. The SMILES string of the molecule is CC(C)C1CCC(NCCOCCO)CC1. The number of hydrogen-bond donors (Lipinski definition) is 2. The minimum absolute atomic E-state index is 0.125. The van der Waals surface area contributed by atoms with Gasteiger partial charge in [-0.2, -0.15) is 0 Å². The molecule has 1 saturated carbocycles. The Hall–Kier alpha value is -0.120. The van der Waals surface area contributed by atoms with Gasteiger partial charge in [0.2, 0.25) is 0 Å². The van der Waals surface area contributed by atoms with E-state index in [9.17, 15) is 0 Å². The Labute approximate surface area is 99.6 Å². The Balaban J connectivity index is 1.99. The summed E-state index contributed by atoms with van der Waals surface area (Å²) in [5.74, 6) is 1.78. The first-order valence-electron chi connectivity index (χ1n) is 6.66. The van der Waals surface area contributed by atoms with Gasteiger partial charge >= 0.3 is 0 Å². The van der Waals surface area contributed by atoms with Gasteiger partial charge in [0, 0.05) is 12.6 Å². The maximum atomic E-state index is 8.55. The molecule has 0 aromatic rings. The van der Waals surface area contributed by atoms with Gasteiger partial charge in [0.05, 0.1) is 19.8 Å². The van der Waals surface area contributed by atoms with Crippen LogP contribution in [0.2, 0.25) is 0 Å². The van der Waals surface area contributed by atoms with Crippen molar-refractivity contribution in [3.8, 4) is 0 Å². The number of aliphatic hydroxyl groups excluding tert-OH is 1. The van der Waals surface area contributed by atoms with Crippen molar-refractivity contribution in [2.45, 2.75) is 45.6 Å². The molecule has 0 bridgehead atoms. The zero-order valence-corrected chi connectivity index (χ0v) is 10.7. The molecule has 1 aliphatic carbocycles. The summed E-state index contributed by atoms with van der Waals surface area (Å²) in [5, 5.41) is 12.1. The highest BCUT2D eigenvalue weighted by molar-refractivity contribution is 4.78. The summed E-state index contributed by atoms with van der Waals surface area (Å²) in [6.45, 7) is 6.88. The average Bonchev–Trinajstić information content (AvgIpc) is 2.29. The molecular weight excluding hydrogens is 202 g/mol. The zero-order valence-electron chi connectivity index (χ0n) is 10.7. The van der Waals surface area contributed by atoms with Crippen molar-refractivity contribution >= 4 is 0 Å². The van der Waals surface area contributed by atoms with Crippen LogP contribution >= 0.6 is 0 Å². The van der Waals surface area contributed by atoms with Gasteiger partial charge in [0.15, 0.2) is 0 Å². The molecule has 16 heavy (non-hydrogen) atoms. The lowest BCUT2D eigenvalue weighted by Gasteiger charge is -2.31. The average molecular weight is 229 g/mol. The Morgan fingerprint density at radius 3 is 2.44 bits per heavy atom. The van der Waals surface area contributed by atoms with E-state index in [2.05, 4.69) is 19.2 Å². The number of aliphatic hydroxyl groups is 1. The molecule has 3 nitrogen and oxygen atoms in total. The van der Waals surface area contributed by atoms with E-state index in [4.69, 9.17) is 9.84 Å². The number of hydrogen-bond acceptors (Lipinski definition) is 3. The molecule has 3 heteroatoms. The molecule has 0 heterocycles. The van der Waals surface area contributed by atoms with Crippen LogP contribution in [0, 0.1) is 11.8 Å². The van der Waals surface area contributed by atoms with Crippen LogP contribution in [0.15, 0.2) is 0 Å². The van der Waals surface area contributed by atoms with Crippen molar-refractivity contribution in [3.63, 3.8) is 0 Å². The van der Waals surface area contributed by atoms with Crippen molar-refractivity contribution in [3.05, 3.63) is 0 Å². The van der Waals surface area contributed by atoms with Crippen LogP contribution in [-0.2, 0) is 4.74 Å². The first-order chi connectivity index (χ1) is 7.74. The summed E-state index contributed by atoms with van der Waals surface area (Å²) in [6, 6.07) is 0.688. The second-order valence-electron chi connectivity index (χ2n) is 5.15. The van der Waals surface area contributed by atoms with Crippen LogP contribution in [0.1, 0.15) is 39.5 Å². The molecule has 0 spiro atoms. The maximum absolute atomic E-state index is 8.55. The topological polar surface area (TPSA) is 41.5 Å². The number of ether oxygens (including phenoxy) is 1. The van der Waals surface area contributed by atoms with Gasteiger partial charge in [-0.3, -0.25) is 0 Å². The smallest absolute Gasteiger partial charge is 0.0698 e. The van der Waals surface area contributed by atoms with E-state index in [-0.39, 0.29) is 6.61 Å². The lowest BCUT2D eigenvalue weighted by atomic mass is 9.80. The summed E-state index contributed by atoms with van der Waals surface area (Å²) in [7, 11) is 0. The Bertz CT molecular complexity index is 165. The molecular formula is C13H27NO2. The Morgan fingerprint density at radius 1 is 1.19 bits per heavy atom. The maximum Gasteiger partial charge on any atom is 0.0698 e. The number of nitrogens with one attached hydrogen (secondary N) is 1. The second kappa shape index (κ2) is 8.04. The van der Waals surface area contributed by atoms with E-state index in [1.54, 1.807) is 0 Å². The normalized spacial score (nSPS) is 26.2. The van der Waals surface area contributed by atoms with Gasteiger partial charge < -0.3 is 15.2 Å². The molecule has 0 atom stereocenters. The predicted molar refractivity (Wildman–Crippen MR) is 66.5 cm³/mol. The van der Waals surface area contributed by atoms with Crippen LogP contribution in [0.5, 0.6) is 0 Å². The molecule has 0 amide bonds. The van der Waals surface area contributed by atoms with E-state index in [0.29, 0.717) is 19.3 Å². The summed E-state index contributed by atoms with van der Waals surface area (Å²) >= 11 is 0. The van der Waals surface area contributed by atoms with Crippen molar-refractivity contribution in [1.29, 1.82) is 0 Å². The van der Waals surface area contributed by atoms with Crippen LogP contribution < -0.4 is 5.32 Å². The van der Waals surface area contributed by atoms with Crippen molar-refractivity contribution in [1.82, 2.24) is 5.32 Å². The molecule has 0 aromatic carbocycles. The zero-order chi connectivity index (χ0) is 11.8. The standard InChI is InChI=1S/C13H27NO2/c1-11(2)12-3-5-13(6-4-12)14-7-9-16-10-8-15/h11-15H,3-10H2,1-2H3. The lowest BCUT2D eigenvalue weighted by molar-refractivity contribution is 0.0909. The summed E-state index contributed by atoms with van der Waals surface area (Å²) in [4.78, 5) is 0. The van der Waals surface area contributed by atoms with Gasteiger partial charge in [-0.25, -0.2) is 0 Å².